The molecule has 26 heavy (non-hydrogen) atoms. The van der Waals surface area contributed by atoms with Crippen LogP contribution in [0.2, 0.25) is 0 Å². The molecule has 0 aliphatic carbocycles. The van der Waals surface area contributed by atoms with E-state index in [1.54, 1.807) is 49.4 Å². The van der Waals surface area contributed by atoms with Gasteiger partial charge in [0.1, 0.15) is 6.61 Å². The molecule has 0 radical (unpaired) electrons. The normalized spacial score (nSPS) is 21.3. The van der Waals surface area contributed by atoms with Gasteiger partial charge in [-0.25, -0.2) is 9.59 Å². The van der Waals surface area contributed by atoms with Gasteiger partial charge in [0.2, 0.25) is 0 Å². The van der Waals surface area contributed by atoms with Crippen LogP contribution in [-0.4, -0.2) is 27.7 Å². The number of hydrogen-bond acceptors (Lipinski definition) is 5. The van der Waals surface area contributed by atoms with Gasteiger partial charge in [-0.15, -0.1) is 6.42 Å². The molecule has 1 unspecified atom stereocenters. The lowest BCUT2D eigenvalue weighted by atomic mass is 10.1. The quantitative estimate of drug-likeness (QED) is 0.507. The number of nitrogens with zero attached hydrogens (tertiary/aromatic N) is 1. The minimum Gasteiger partial charge on any atom is -0.458 e. The maximum Gasteiger partial charge on any atom is 0.338 e. The van der Waals surface area contributed by atoms with Crippen LogP contribution in [0.25, 0.3) is 0 Å². The number of terminal acetylenes is 1. The summed E-state index contributed by atoms with van der Waals surface area (Å²) >= 11 is 0. The molecule has 2 atom stereocenters. The summed E-state index contributed by atoms with van der Waals surface area (Å²) in [6.45, 7) is 1.37. The van der Waals surface area contributed by atoms with Crippen LogP contribution in [-0.2, 0) is 9.47 Å². The topological polar surface area (TPSA) is 90.4 Å². The Bertz CT molecular complexity index is 1010. The summed E-state index contributed by atoms with van der Waals surface area (Å²) in [4.78, 5) is 37.8. The Morgan fingerprint density at radius 2 is 2.12 bits per heavy atom. The maximum absolute atomic E-state index is 12.1. The standard InChI is InChI=1S/C19H16N2O5/c1-3-19(12-25-17(23)14-7-5-4-6-8-14)10-9-15(26-19)21-11-13(2)16(22)20-18(21)24/h1,4-11,15H,12H2,2H3,(H,20,22,24)/t15?,19-/m0/s1. The number of benzene rings is 1. The second-order valence-electron chi connectivity index (χ2n) is 5.82. The highest BCUT2D eigenvalue weighted by Crippen LogP contribution is 2.29. The highest BCUT2D eigenvalue weighted by Gasteiger charge is 2.36. The number of carbonyl (C=O) groups is 1. The molecule has 0 fully saturated rings. The first-order valence-corrected chi connectivity index (χ1v) is 7.83. The molecule has 3 rings (SSSR count). The number of H-pyrrole nitrogens is 1. The molecule has 132 valence electrons. The Balaban J connectivity index is 1.75. The van der Waals surface area contributed by atoms with E-state index in [1.807, 2.05) is 0 Å². The molecule has 2 aromatic rings. The molecular weight excluding hydrogens is 336 g/mol. The van der Waals surface area contributed by atoms with Crippen LogP contribution in [0, 0.1) is 19.3 Å². The van der Waals surface area contributed by atoms with Crippen molar-refractivity contribution in [3.05, 3.63) is 80.6 Å². The molecule has 2 heterocycles. The number of nitrogens with one attached hydrogen (secondary N) is 1. The van der Waals surface area contributed by atoms with Crippen LogP contribution in [0.3, 0.4) is 0 Å². The molecule has 0 saturated heterocycles. The summed E-state index contributed by atoms with van der Waals surface area (Å²) in [6.07, 6.45) is 9.27. The van der Waals surface area contributed by atoms with E-state index < -0.39 is 29.0 Å². The Morgan fingerprint density at radius 1 is 1.38 bits per heavy atom. The highest BCUT2D eigenvalue weighted by atomic mass is 16.6. The molecule has 0 spiro atoms. The first-order chi connectivity index (χ1) is 12.4. The summed E-state index contributed by atoms with van der Waals surface area (Å²) in [6, 6.07) is 8.49. The SMILES string of the molecule is C#C[C@@]1(COC(=O)c2ccccc2)C=CC(n2cc(C)c(=O)[nH]c2=O)O1. The number of aromatic nitrogens is 2. The molecule has 1 N–H and O–H groups in total. The summed E-state index contributed by atoms with van der Waals surface area (Å²) in [7, 11) is 0. The van der Waals surface area contributed by atoms with Gasteiger partial charge in [-0.3, -0.25) is 14.3 Å². The summed E-state index contributed by atoms with van der Waals surface area (Å²) in [5.41, 5.74) is -1.63. The molecule has 1 aliphatic rings. The van der Waals surface area contributed by atoms with Crippen LogP contribution in [0.15, 0.2) is 58.3 Å². The van der Waals surface area contributed by atoms with Gasteiger partial charge in [0.25, 0.3) is 5.56 Å². The van der Waals surface area contributed by atoms with Crippen LogP contribution < -0.4 is 11.2 Å². The van der Waals surface area contributed by atoms with E-state index in [0.29, 0.717) is 11.1 Å². The number of aryl methyl sites for hydroxylation is 1. The predicted octanol–water partition coefficient (Wildman–Crippen LogP) is 1.16. The number of aromatic amines is 1. The fourth-order valence-electron chi connectivity index (χ4n) is 2.49. The molecule has 0 bridgehead atoms. The number of ether oxygens (including phenoxy) is 2. The zero-order valence-electron chi connectivity index (χ0n) is 14.0. The van der Waals surface area contributed by atoms with Crippen LogP contribution in [0.1, 0.15) is 22.1 Å². The highest BCUT2D eigenvalue weighted by molar-refractivity contribution is 5.89. The minimum absolute atomic E-state index is 0.207. The van der Waals surface area contributed by atoms with Gasteiger partial charge in [0.15, 0.2) is 11.8 Å². The number of esters is 1. The lowest BCUT2D eigenvalue weighted by Crippen LogP contribution is -2.37. The smallest absolute Gasteiger partial charge is 0.338 e. The van der Waals surface area contributed by atoms with Gasteiger partial charge in [-0.1, -0.05) is 24.1 Å². The van der Waals surface area contributed by atoms with Gasteiger partial charge >= 0.3 is 11.7 Å². The van der Waals surface area contributed by atoms with E-state index >= 15 is 0 Å². The molecular formula is C19H16N2O5. The Hall–Kier alpha value is -3.37. The van der Waals surface area contributed by atoms with Gasteiger partial charge in [-0.05, 0) is 31.2 Å². The van der Waals surface area contributed by atoms with Gasteiger partial charge in [0, 0.05) is 11.8 Å². The van der Waals surface area contributed by atoms with E-state index in [4.69, 9.17) is 15.9 Å². The predicted molar refractivity (Wildman–Crippen MR) is 93.6 cm³/mol. The van der Waals surface area contributed by atoms with E-state index in [9.17, 15) is 14.4 Å². The second-order valence-corrected chi connectivity index (χ2v) is 5.82. The summed E-state index contributed by atoms with van der Waals surface area (Å²) in [5.74, 6) is 1.93. The molecule has 1 aliphatic heterocycles. The number of carbonyl (C=O) groups excluding carboxylic acids is 1. The summed E-state index contributed by atoms with van der Waals surface area (Å²) < 4.78 is 12.2. The Morgan fingerprint density at radius 3 is 2.81 bits per heavy atom. The maximum atomic E-state index is 12.1. The third-order valence-electron chi connectivity index (χ3n) is 3.95. The third kappa shape index (κ3) is 3.36. The lowest BCUT2D eigenvalue weighted by molar-refractivity contribution is -0.0574. The second kappa shape index (κ2) is 6.86. The monoisotopic (exact) mass is 352 g/mol. The fraction of sp³-hybridized carbons (Fsp3) is 0.211. The number of hydrogen-bond donors (Lipinski definition) is 1. The molecule has 7 nitrogen and oxygen atoms in total. The van der Waals surface area contributed by atoms with Crippen LogP contribution in [0.4, 0.5) is 0 Å². The summed E-state index contributed by atoms with van der Waals surface area (Å²) in [5, 5.41) is 0. The largest absolute Gasteiger partial charge is 0.458 e. The van der Waals surface area contributed by atoms with Crippen LogP contribution >= 0.6 is 0 Å². The molecule has 0 amide bonds. The first-order valence-electron chi connectivity index (χ1n) is 7.83. The van der Waals surface area contributed by atoms with Crippen LogP contribution in [0.5, 0.6) is 0 Å². The van der Waals surface area contributed by atoms with Gasteiger partial charge in [0.05, 0.1) is 5.56 Å². The van der Waals surface area contributed by atoms with Crippen molar-refractivity contribution in [2.24, 2.45) is 0 Å². The van der Waals surface area contributed by atoms with E-state index in [2.05, 4.69) is 10.9 Å². The zero-order valence-corrected chi connectivity index (χ0v) is 14.0. The van der Waals surface area contributed by atoms with Crippen molar-refractivity contribution in [3.63, 3.8) is 0 Å². The third-order valence-corrected chi connectivity index (χ3v) is 3.95. The zero-order chi connectivity index (χ0) is 18.7. The molecule has 7 heteroatoms. The minimum atomic E-state index is -1.29. The van der Waals surface area contributed by atoms with Crippen molar-refractivity contribution in [3.8, 4) is 12.3 Å². The molecule has 1 aromatic heterocycles. The first kappa shape index (κ1) is 17.5. The van der Waals surface area contributed by atoms with Crippen molar-refractivity contribution < 1.29 is 14.3 Å². The molecule has 1 aromatic carbocycles. The molecule has 0 saturated carbocycles. The van der Waals surface area contributed by atoms with Crippen molar-refractivity contribution in [1.29, 1.82) is 0 Å². The number of rotatable bonds is 4. The van der Waals surface area contributed by atoms with E-state index in [0.717, 1.165) is 0 Å². The average molecular weight is 352 g/mol. The Labute approximate surface area is 148 Å². The van der Waals surface area contributed by atoms with E-state index in [1.165, 1.54) is 10.8 Å². The lowest BCUT2D eigenvalue weighted by Gasteiger charge is -2.24. The van der Waals surface area contributed by atoms with Gasteiger partial charge in [-0.2, -0.15) is 0 Å². The van der Waals surface area contributed by atoms with Crippen molar-refractivity contribution in [2.45, 2.75) is 18.8 Å². The van der Waals surface area contributed by atoms with Crippen molar-refractivity contribution >= 4 is 5.97 Å². The van der Waals surface area contributed by atoms with Crippen molar-refractivity contribution in [2.75, 3.05) is 6.61 Å². The Kier molecular flexibility index (Phi) is 4.61. The van der Waals surface area contributed by atoms with Crippen molar-refractivity contribution in [1.82, 2.24) is 9.55 Å². The fourth-order valence-corrected chi connectivity index (χ4v) is 2.49. The van der Waals surface area contributed by atoms with E-state index in [-0.39, 0.29) is 6.61 Å². The average Bonchev–Trinajstić information content (AvgIpc) is 3.08. The van der Waals surface area contributed by atoms with Gasteiger partial charge < -0.3 is 9.47 Å².